The molecule has 1 aliphatic carbocycles. The van der Waals surface area contributed by atoms with Crippen LogP contribution >= 0.6 is 11.6 Å². The Morgan fingerprint density at radius 2 is 2.29 bits per heavy atom. The molecule has 0 amide bonds. The summed E-state index contributed by atoms with van der Waals surface area (Å²) in [6.07, 6.45) is 3.00. The number of aliphatic hydroxyl groups excluding tert-OH is 1. The molecule has 4 heteroatoms. The standard InChI is InChI=1S/C10H13ClN2O/c1-10(2-3-10)8(14)7-4-6(11)5-13-9(7)12/h4-5,8,14H,2-3H2,1H3,(H2,12,13). The molecule has 1 fully saturated rings. The summed E-state index contributed by atoms with van der Waals surface area (Å²) in [7, 11) is 0. The molecule has 2 rings (SSSR count). The van der Waals surface area contributed by atoms with E-state index in [1.807, 2.05) is 6.92 Å². The van der Waals surface area contributed by atoms with Crippen LogP contribution in [0.3, 0.4) is 0 Å². The van der Waals surface area contributed by atoms with Crippen molar-refractivity contribution in [2.45, 2.75) is 25.9 Å². The molecule has 14 heavy (non-hydrogen) atoms. The lowest BCUT2D eigenvalue weighted by Gasteiger charge is -2.19. The zero-order valence-corrected chi connectivity index (χ0v) is 8.75. The number of anilines is 1. The topological polar surface area (TPSA) is 59.1 Å². The molecule has 3 N–H and O–H groups in total. The van der Waals surface area contributed by atoms with Crippen molar-refractivity contribution in [2.75, 3.05) is 5.73 Å². The third-order valence-electron chi connectivity index (χ3n) is 2.91. The van der Waals surface area contributed by atoms with E-state index in [0.717, 1.165) is 12.8 Å². The number of nitrogens with zero attached hydrogens (tertiary/aromatic N) is 1. The van der Waals surface area contributed by atoms with E-state index in [0.29, 0.717) is 16.4 Å². The molecule has 0 radical (unpaired) electrons. The van der Waals surface area contributed by atoms with E-state index < -0.39 is 6.10 Å². The van der Waals surface area contributed by atoms with E-state index in [2.05, 4.69) is 4.98 Å². The number of hydrogen-bond acceptors (Lipinski definition) is 3. The summed E-state index contributed by atoms with van der Waals surface area (Å²) < 4.78 is 0. The molecule has 0 spiro atoms. The summed E-state index contributed by atoms with van der Waals surface area (Å²) in [6, 6.07) is 1.69. The van der Waals surface area contributed by atoms with Crippen LogP contribution < -0.4 is 5.73 Å². The van der Waals surface area contributed by atoms with Crippen LogP contribution in [0, 0.1) is 5.41 Å². The minimum absolute atomic E-state index is 0.0273. The second kappa shape index (κ2) is 3.11. The summed E-state index contributed by atoms with van der Waals surface area (Å²) in [5.41, 5.74) is 6.31. The Hall–Kier alpha value is -0.800. The normalized spacial score (nSPS) is 20.5. The number of aliphatic hydroxyl groups is 1. The molecule has 3 nitrogen and oxygen atoms in total. The predicted molar refractivity (Wildman–Crippen MR) is 56.0 cm³/mol. The van der Waals surface area contributed by atoms with Gasteiger partial charge in [0, 0.05) is 11.8 Å². The van der Waals surface area contributed by atoms with Crippen LogP contribution in [0.25, 0.3) is 0 Å². The van der Waals surface area contributed by atoms with Gasteiger partial charge in [0.2, 0.25) is 0 Å². The molecular formula is C10H13ClN2O. The molecule has 1 atom stereocenters. The molecule has 76 valence electrons. The molecule has 0 aromatic carbocycles. The van der Waals surface area contributed by atoms with Gasteiger partial charge in [0.1, 0.15) is 5.82 Å². The molecule has 0 aliphatic heterocycles. The highest BCUT2D eigenvalue weighted by Crippen LogP contribution is 2.55. The summed E-state index contributed by atoms with van der Waals surface area (Å²) in [6.45, 7) is 2.04. The first-order valence-corrected chi connectivity index (χ1v) is 5.00. The maximum Gasteiger partial charge on any atom is 0.129 e. The summed E-state index contributed by atoms with van der Waals surface area (Å²) >= 11 is 5.80. The smallest absolute Gasteiger partial charge is 0.129 e. The van der Waals surface area contributed by atoms with Gasteiger partial charge in [0.05, 0.1) is 11.1 Å². The lowest BCUT2D eigenvalue weighted by molar-refractivity contribution is 0.104. The fraction of sp³-hybridized carbons (Fsp3) is 0.500. The van der Waals surface area contributed by atoms with Crippen LogP contribution in [0.5, 0.6) is 0 Å². The minimum Gasteiger partial charge on any atom is -0.388 e. The Morgan fingerprint density at radius 3 is 2.86 bits per heavy atom. The summed E-state index contributed by atoms with van der Waals surface area (Å²) in [5, 5.41) is 10.6. The van der Waals surface area contributed by atoms with Crippen molar-refractivity contribution in [2.24, 2.45) is 5.41 Å². The molecule has 1 aliphatic rings. The van der Waals surface area contributed by atoms with Crippen LogP contribution in [-0.4, -0.2) is 10.1 Å². The molecule has 0 saturated heterocycles. The zero-order chi connectivity index (χ0) is 10.3. The van der Waals surface area contributed by atoms with Crippen molar-refractivity contribution in [3.05, 3.63) is 22.8 Å². The summed E-state index contributed by atoms with van der Waals surface area (Å²) in [4.78, 5) is 3.93. The molecule has 1 aromatic rings. The number of nitrogen functional groups attached to an aromatic ring is 1. The second-order valence-corrected chi connectivity index (χ2v) is 4.62. The van der Waals surface area contributed by atoms with E-state index in [1.54, 1.807) is 6.07 Å². The van der Waals surface area contributed by atoms with Crippen molar-refractivity contribution in [3.63, 3.8) is 0 Å². The Labute approximate surface area is 87.9 Å². The number of aromatic nitrogens is 1. The third kappa shape index (κ3) is 1.57. The first-order chi connectivity index (χ1) is 6.53. The van der Waals surface area contributed by atoms with Gasteiger partial charge in [-0.1, -0.05) is 18.5 Å². The van der Waals surface area contributed by atoms with Gasteiger partial charge in [0.15, 0.2) is 0 Å². The Kier molecular flexibility index (Phi) is 2.16. The van der Waals surface area contributed by atoms with E-state index in [9.17, 15) is 5.11 Å². The average molecular weight is 213 g/mol. The van der Waals surface area contributed by atoms with Crippen LogP contribution in [0.2, 0.25) is 5.02 Å². The fourth-order valence-corrected chi connectivity index (χ4v) is 1.70. The first kappa shape index (κ1) is 9.74. The van der Waals surface area contributed by atoms with Crippen LogP contribution in [0.15, 0.2) is 12.3 Å². The maximum atomic E-state index is 10.0. The van der Waals surface area contributed by atoms with Gasteiger partial charge in [-0.05, 0) is 24.3 Å². The van der Waals surface area contributed by atoms with Gasteiger partial charge in [0.25, 0.3) is 0 Å². The fourth-order valence-electron chi connectivity index (χ4n) is 1.53. The lowest BCUT2D eigenvalue weighted by Crippen LogP contribution is -2.12. The Balaban J connectivity index is 2.35. The quantitative estimate of drug-likeness (QED) is 0.790. The highest BCUT2D eigenvalue weighted by atomic mass is 35.5. The molecular weight excluding hydrogens is 200 g/mol. The average Bonchev–Trinajstić information content (AvgIpc) is 2.88. The SMILES string of the molecule is CC1(C(O)c2cc(Cl)cnc2N)CC1. The molecule has 0 bridgehead atoms. The van der Waals surface area contributed by atoms with Crippen molar-refractivity contribution in [1.82, 2.24) is 4.98 Å². The van der Waals surface area contributed by atoms with Crippen LogP contribution in [0.1, 0.15) is 31.4 Å². The minimum atomic E-state index is -0.548. The Morgan fingerprint density at radius 1 is 1.64 bits per heavy atom. The highest BCUT2D eigenvalue weighted by molar-refractivity contribution is 6.30. The van der Waals surface area contributed by atoms with E-state index in [1.165, 1.54) is 6.20 Å². The lowest BCUT2D eigenvalue weighted by atomic mass is 9.95. The van der Waals surface area contributed by atoms with Crippen molar-refractivity contribution < 1.29 is 5.11 Å². The molecule has 1 saturated carbocycles. The molecule has 1 heterocycles. The van der Waals surface area contributed by atoms with Crippen LogP contribution in [-0.2, 0) is 0 Å². The third-order valence-corrected chi connectivity index (χ3v) is 3.12. The number of rotatable bonds is 2. The van der Waals surface area contributed by atoms with Crippen LogP contribution in [0.4, 0.5) is 5.82 Å². The van der Waals surface area contributed by atoms with Gasteiger partial charge in [-0.3, -0.25) is 0 Å². The van der Waals surface area contributed by atoms with Gasteiger partial charge in [-0.15, -0.1) is 0 Å². The van der Waals surface area contributed by atoms with Gasteiger partial charge >= 0.3 is 0 Å². The van der Waals surface area contributed by atoms with E-state index in [-0.39, 0.29) is 5.41 Å². The number of nitrogens with two attached hydrogens (primary N) is 1. The van der Waals surface area contributed by atoms with Gasteiger partial charge in [-0.25, -0.2) is 4.98 Å². The highest BCUT2D eigenvalue weighted by Gasteiger charge is 2.45. The predicted octanol–water partition coefficient (Wildman–Crippen LogP) is 2.15. The van der Waals surface area contributed by atoms with Crippen molar-refractivity contribution in [3.8, 4) is 0 Å². The monoisotopic (exact) mass is 212 g/mol. The molecule has 1 unspecified atom stereocenters. The van der Waals surface area contributed by atoms with E-state index in [4.69, 9.17) is 17.3 Å². The Bertz CT molecular complexity index is 363. The first-order valence-electron chi connectivity index (χ1n) is 4.62. The number of hydrogen-bond donors (Lipinski definition) is 2. The zero-order valence-electron chi connectivity index (χ0n) is 8.00. The van der Waals surface area contributed by atoms with Crippen molar-refractivity contribution >= 4 is 17.4 Å². The second-order valence-electron chi connectivity index (χ2n) is 4.18. The maximum absolute atomic E-state index is 10.0. The largest absolute Gasteiger partial charge is 0.388 e. The van der Waals surface area contributed by atoms with Gasteiger partial charge in [-0.2, -0.15) is 0 Å². The van der Waals surface area contributed by atoms with E-state index >= 15 is 0 Å². The molecule has 1 aromatic heterocycles. The van der Waals surface area contributed by atoms with Gasteiger partial charge < -0.3 is 10.8 Å². The number of halogens is 1. The van der Waals surface area contributed by atoms with Crippen molar-refractivity contribution in [1.29, 1.82) is 0 Å². The number of pyridine rings is 1. The summed E-state index contributed by atoms with van der Waals surface area (Å²) in [5.74, 6) is 0.370.